The maximum atomic E-state index is 12.4. The third-order valence-corrected chi connectivity index (χ3v) is 4.75. The van der Waals surface area contributed by atoms with Crippen LogP contribution in [0.25, 0.3) is 0 Å². The van der Waals surface area contributed by atoms with Crippen molar-refractivity contribution in [2.45, 2.75) is 13.5 Å². The minimum atomic E-state index is 0.0154. The highest BCUT2D eigenvalue weighted by molar-refractivity contribution is 5.78. The molecule has 1 aliphatic heterocycles. The lowest BCUT2D eigenvalue weighted by molar-refractivity contribution is -0.136. The molecule has 1 heterocycles. The van der Waals surface area contributed by atoms with Gasteiger partial charge in [0.2, 0.25) is 11.7 Å². The van der Waals surface area contributed by atoms with Crippen LogP contribution in [0, 0.1) is 5.92 Å². The SMILES string of the molecule is CNCC(C)C(=O)N1CCN(Cc2cc(OC)c(OC)c(OC)c2)CC1. The molecule has 2 rings (SSSR count). The summed E-state index contributed by atoms with van der Waals surface area (Å²) in [5, 5.41) is 3.07. The Morgan fingerprint density at radius 3 is 2.12 bits per heavy atom. The Morgan fingerprint density at radius 2 is 1.65 bits per heavy atom. The van der Waals surface area contributed by atoms with Crippen molar-refractivity contribution in [3.8, 4) is 17.2 Å². The average Bonchev–Trinajstić information content (AvgIpc) is 2.67. The molecule has 0 aliphatic carbocycles. The van der Waals surface area contributed by atoms with Crippen molar-refractivity contribution in [2.24, 2.45) is 5.92 Å². The molecule has 1 fully saturated rings. The first kappa shape index (κ1) is 20.3. The summed E-state index contributed by atoms with van der Waals surface area (Å²) in [7, 11) is 6.72. The molecule has 0 radical (unpaired) electrons. The highest BCUT2D eigenvalue weighted by Gasteiger charge is 2.25. The fourth-order valence-electron chi connectivity index (χ4n) is 3.32. The number of carbonyl (C=O) groups excluding carboxylic acids is 1. The molecule has 1 atom stereocenters. The van der Waals surface area contributed by atoms with Gasteiger partial charge in [0.1, 0.15) is 0 Å². The van der Waals surface area contributed by atoms with Gasteiger partial charge >= 0.3 is 0 Å². The Kier molecular flexibility index (Phi) is 7.53. The van der Waals surface area contributed by atoms with Crippen molar-refractivity contribution >= 4 is 5.91 Å². The van der Waals surface area contributed by atoms with Crippen molar-refractivity contribution < 1.29 is 19.0 Å². The van der Waals surface area contributed by atoms with Crippen molar-refractivity contribution in [1.82, 2.24) is 15.1 Å². The van der Waals surface area contributed by atoms with Crippen LogP contribution >= 0.6 is 0 Å². The van der Waals surface area contributed by atoms with Crippen LogP contribution in [0.3, 0.4) is 0 Å². The van der Waals surface area contributed by atoms with Gasteiger partial charge in [-0.3, -0.25) is 9.69 Å². The van der Waals surface area contributed by atoms with Crippen LogP contribution in [0.15, 0.2) is 12.1 Å². The quantitative estimate of drug-likeness (QED) is 0.747. The Morgan fingerprint density at radius 1 is 1.08 bits per heavy atom. The fraction of sp³-hybridized carbons (Fsp3) is 0.632. The van der Waals surface area contributed by atoms with Gasteiger partial charge in [-0.25, -0.2) is 0 Å². The minimum Gasteiger partial charge on any atom is -0.493 e. The average molecular weight is 365 g/mol. The predicted octanol–water partition coefficient (Wildman–Crippen LogP) is 1.21. The summed E-state index contributed by atoms with van der Waals surface area (Å²) in [6.07, 6.45) is 0. The van der Waals surface area contributed by atoms with E-state index in [4.69, 9.17) is 14.2 Å². The molecular formula is C19H31N3O4. The molecule has 0 bridgehead atoms. The molecule has 1 aliphatic rings. The summed E-state index contributed by atoms with van der Waals surface area (Å²) in [6.45, 7) is 6.70. The molecule has 1 saturated heterocycles. The van der Waals surface area contributed by atoms with Crippen LogP contribution < -0.4 is 19.5 Å². The molecule has 0 spiro atoms. The van der Waals surface area contributed by atoms with Gasteiger partial charge in [0.15, 0.2) is 11.5 Å². The summed E-state index contributed by atoms with van der Waals surface area (Å²) in [6, 6.07) is 3.96. The van der Waals surface area contributed by atoms with Crippen molar-refractivity contribution in [1.29, 1.82) is 0 Å². The number of methoxy groups -OCH3 is 3. The monoisotopic (exact) mass is 365 g/mol. The van der Waals surface area contributed by atoms with Crippen LogP contribution in [0.2, 0.25) is 0 Å². The molecule has 1 aromatic carbocycles. The molecule has 1 N–H and O–H groups in total. The standard InChI is InChI=1S/C19H31N3O4/c1-14(12-20-2)19(23)22-8-6-21(7-9-22)13-15-10-16(24-3)18(26-5)17(11-15)25-4/h10-11,14,20H,6-9,12-13H2,1-5H3. The lowest BCUT2D eigenvalue weighted by atomic mass is 10.1. The molecule has 146 valence electrons. The molecule has 0 saturated carbocycles. The van der Waals surface area contributed by atoms with E-state index in [9.17, 15) is 4.79 Å². The van der Waals surface area contributed by atoms with Crippen LogP contribution in [0.5, 0.6) is 17.2 Å². The first-order valence-corrected chi connectivity index (χ1v) is 8.98. The van der Waals surface area contributed by atoms with E-state index in [1.807, 2.05) is 31.0 Å². The number of amides is 1. The summed E-state index contributed by atoms with van der Waals surface area (Å²) in [5.74, 6) is 2.18. The van der Waals surface area contributed by atoms with Gasteiger partial charge in [-0.05, 0) is 24.7 Å². The first-order chi connectivity index (χ1) is 12.5. The molecule has 7 heteroatoms. The zero-order valence-electron chi connectivity index (χ0n) is 16.5. The second kappa shape index (κ2) is 9.64. The molecule has 7 nitrogen and oxygen atoms in total. The number of rotatable bonds is 8. The van der Waals surface area contributed by atoms with E-state index in [-0.39, 0.29) is 11.8 Å². The van der Waals surface area contributed by atoms with E-state index in [2.05, 4.69) is 10.2 Å². The van der Waals surface area contributed by atoms with Crippen molar-refractivity contribution in [3.63, 3.8) is 0 Å². The first-order valence-electron chi connectivity index (χ1n) is 8.98. The molecule has 26 heavy (non-hydrogen) atoms. The lowest BCUT2D eigenvalue weighted by Crippen LogP contribution is -2.50. The van der Waals surface area contributed by atoms with Gasteiger partial charge in [0.25, 0.3) is 0 Å². The van der Waals surface area contributed by atoms with Crippen LogP contribution in [-0.2, 0) is 11.3 Å². The smallest absolute Gasteiger partial charge is 0.226 e. The van der Waals surface area contributed by atoms with Gasteiger partial charge < -0.3 is 24.4 Å². The summed E-state index contributed by atoms with van der Waals surface area (Å²) >= 11 is 0. The number of hydrogen-bond acceptors (Lipinski definition) is 6. The maximum Gasteiger partial charge on any atom is 0.226 e. The van der Waals surface area contributed by atoms with E-state index in [1.165, 1.54) is 0 Å². The number of hydrogen-bond donors (Lipinski definition) is 1. The van der Waals surface area contributed by atoms with Gasteiger partial charge in [-0.2, -0.15) is 0 Å². The Labute approximate surface area is 156 Å². The number of nitrogens with zero attached hydrogens (tertiary/aromatic N) is 2. The zero-order chi connectivity index (χ0) is 19.1. The molecule has 1 amide bonds. The summed E-state index contributed by atoms with van der Waals surface area (Å²) in [5.41, 5.74) is 1.10. The highest BCUT2D eigenvalue weighted by Crippen LogP contribution is 2.38. The Balaban J connectivity index is 1.98. The Hall–Kier alpha value is -1.99. The summed E-state index contributed by atoms with van der Waals surface area (Å²) < 4.78 is 16.2. The van der Waals surface area contributed by atoms with Gasteiger partial charge in [-0.1, -0.05) is 6.92 Å². The molecule has 1 aromatic rings. The van der Waals surface area contributed by atoms with Crippen LogP contribution in [-0.4, -0.2) is 76.8 Å². The third kappa shape index (κ3) is 4.80. The second-order valence-electron chi connectivity index (χ2n) is 6.59. The molecule has 0 aromatic heterocycles. The van der Waals surface area contributed by atoms with Crippen molar-refractivity contribution in [2.75, 3.05) is 61.1 Å². The predicted molar refractivity (Wildman–Crippen MR) is 101 cm³/mol. The minimum absolute atomic E-state index is 0.0154. The number of piperazine rings is 1. The number of ether oxygens (including phenoxy) is 3. The van der Waals surface area contributed by atoms with Gasteiger partial charge in [0.05, 0.1) is 21.3 Å². The molecule has 1 unspecified atom stereocenters. The second-order valence-corrected chi connectivity index (χ2v) is 6.59. The van der Waals surface area contributed by atoms with E-state index in [0.29, 0.717) is 23.8 Å². The maximum absolute atomic E-state index is 12.4. The number of nitrogens with one attached hydrogen (secondary N) is 1. The van der Waals surface area contributed by atoms with Crippen LogP contribution in [0.1, 0.15) is 12.5 Å². The third-order valence-electron chi connectivity index (χ3n) is 4.75. The van der Waals surface area contributed by atoms with Gasteiger partial charge in [-0.15, -0.1) is 0 Å². The van der Waals surface area contributed by atoms with Gasteiger partial charge in [0, 0.05) is 45.2 Å². The van der Waals surface area contributed by atoms with E-state index < -0.39 is 0 Å². The van der Waals surface area contributed by atoms with E-state index in [0.717, 1.165) is 38.3 Å². The fourth-order valence-corrected chi connectivity index (χ4v) is 3.32. The molecular weight excluding hydrogens is 334 g/mol. The highest BCUT2D eigenvalue weighted by atomic mass is 16.5. The van der Waals surface area contributed by atoms with Crippen LogP contribution in [0.4, 0.5) is 0 Å². The van der Waals surface area contributed by atoms with Crippen molar-refractivity contribution in [3.05, 3.63) is 17.7 Å². The number of benzene rings is 1. The topological polar surface area (TPSA) is 63.3 Å². The number of carbonyl (C=O) groups is 1. The van der Waals surface area contributed by atoms with E-state index in [1.54, 1.807) is 21.3 Å². The largest absolute Gasteiger partial charge is 0.493 e. The van der Waals surface area contributed by atoms with E-state index >= 15 is 0 Å². The zero-order valence-corrected chi connectivity index (χ0v) is 16.5. The lowest BCUT2D eigenvalue weighted by Gasteiger charge is -2.36. The Bertz CT molecular complexity index is 575. The normalized spacial score (nSPS) is 16.3. The summed E-state index contributed by atoms with van der Waals surface area (Å²) in [4.78, 5) is 16.7.